The maximum Gasteiger partial charge on any atom is 0.323 e. The van der Waals surface area contributed by atoms with Crippen LogP contribution in [0.2, 0.25) is 0 Å². The van der Waals surface area contributed by atoms with Crippen molar-refractivity contribution in [3.63, 3.8) is 0 Å². The zero-order valence-corrected chi connectivity index (χ0v) is 15.6. The van der Waals surface area contributed by atoms with E-state index in [9.17, 15) is 13.6 Å². The van der Waals surface area contributed by atoms with E-state index in [0.29, 0.717) is 37.6 Å². The van der Waals surface area contributed by atoms with Crippen LogP contribution in [-0.4, -0.2) is 47.1 Å². The molecule has 2 heterocycles. The van der Waals surface area contributed by atoms with Gasteiger partial charge in [-0.3, -0.25) is 10.3 Å². The molecule has 1 N–H and O–H groups in total. The predicted molar refractivity (Wildman–Crippen MR) is 107 cm³/mol. The molecular formula is C21H19F2N5O. The maximum atomic E-state index is 14.1. The number of nitrogens with one attached hydrogen (secondary N) is 1. The Balaban J connectivity index is 1.42. The summed E-state index contributed by atoms with van der Waals surface area (Å²) in [5, 5.41) is 2.73. The fraction of sp³-hybridized carbons (Fsp3) is 0.190. The smallest absolute Gasteiger partial charge is 0.323 e. The van der Waals surface area contributed by atoms with Gasteiger partial charge in [-0.25, -0.2) is 18.6 Å². The standard InChI is InChI=1S/C21H19F2N5O/c22-18-6-2-5-17(20(18)23)15-3-1-4-16(13-15)27-9-11-28(12-10-27)21(29)26-19-14-24-7-8-25-19/h1-8,13-14H,9-12H2,(H,25,26,29). The lowest BCUT2D eigenvalue weighted by Crippen LogP contribution is -2.50. The van der Waals surface area contributed by atoms with Crippen molar-refractivity contribution in [3.05, 3.63) is 72.7 Å². The summed E-state index contributed by atoms with van der Waals surface area (Å²) < 4.78 is 27.7. The number of rotatable bonds is 3. The number of benzene rings is 2. The summed E-state index contributed by atoms with van der Waals surface area (Å²) in [6, 6.07) is 11.3. The van der Waals surface area contributed by atoms with E-state index in [1.54, 1.807) is 17.0 Å². The molecule has 1 fully saturated rings. The number of carbonyl (C=O) groups excluding carboxylic acids is 1. The molecule has 3 aromatic rings. The SMILES string of the molecule is O=C(Nc1cnccn1)N1CCN(c2cccc(-c3cccc(F)c3F)c2)CC1. The molecule has 0 radical (unpaired) electrons. The number of hydrogen-bond acceptors (Lipinski definition) is 4. The van der Waals surface area contributed by atoms with Gasteiger partial charge in [-0.1, -0.05) is 24.3 Å². The van der Waals surface area contributed by atoms with Crippen molar-refractivity contribution in [2.45, 2.75) is 0 Å². The highest BCUT2D eigenvalue weighted by Crippen LogP contribution is 2.28. The largest absolute Gasteiger partial charge is 0.368 e. The summed E-state index contributed by atoms with van der Waals surface area (Å²) in [4.78, 5) is 24.2. The van der Waals surface area contributed by atoms with E-state index in [0.717, 1.165) is 11.8 Å². The molecule has 0 saturated carbocycles. The molecule has 148 valence electrons. The first-order chi connectivity index (χ1) is 14.1. The van der Waals surface area contributed by atoms with E-state index in [4.69, 9.17) is 0 Å². The van der Waals surface area contributed by atoms with Crippen LogP contribution in [0.25, 0.3) is 11.1 Å². The Kier molecular flexibility index (Phi) is 5.33. The summed E-state index contributed by atoms with van der Waals surface area (Å²) in [5.41, 5.74) is 1.75. The number of nitrogens with zero attached hydrogens (tertiary/aromatic N) is 4. The molecule has 29 heavy (non-hydrogen) atoms. The molecule has 1 aliphatic heterocycles. The fourth-order valence-electron chi connectivity index (χ4n) is 3.32. The van der Waals surface area contributed by atoms with Gasteiger partial charge in [-0.15, -0.1) is 0 Å². The van der Waals surface area contributed by atoms with E-state index in [2.05, 4.69) is 20.2 Å². The van der Waals surface area contributed by atoms with Crippen LogP contribution >= 0.6 is 0 Å². The van der Waals surface area contributed by atoms with Crippen LogP contribution in [-0.2, 0) is 0 Å². The van der Waals surface area contributed by atoms with Gasteiger partial charge in [0.05, 0.1) is 6.20 Å². The second kappa shape index (κ2) is 8.22. The van der Waals surface area contributed by atoms with Gasteiger partial charge in [0.1, 0.15) is 0 Å². The van der Waals surface area contributed by atoms with E-state index in [1.165, 1.54) is 24.7 Å². The molecule has 2 aromatic carbocycles. The summed E-state index contributed by atoms with van der Waals surface area (Å²) in [5.74, 6) is -1.31. The number of anilines is 2. The summed E-state index contributed by atoms with van der Waals surface area (Å²) in [6.45, 7) is 2.32. The number of amides is 2. The Hall–Kier alpha value is -3.55. The molecule has 1 aromatic heterocycles. The highest BCUT2D eigenvalue weighted by atomic mass is 19.2. The summed E-state index contributed by atoms with van der Waals surface area (Å²) in [7, 11) is 0. The van der Waals surface area contributed by atoms with Gasteiger partial charge in [-0.05, 0) is 23.8 Å². The third kappa shape index (κ3) is 4.16. The van der Waals surface area contributed by atoms with Gasteiger partial charge >= 0.3 is 6.03 Å². The summed E-state index contributed by atoms with van der Waals surface area (Å²) in [6.07, 6.45) is 4.55. The third-order valence-corrected chi connectivity index (χ3v) is 4.84. The van der Waals surface area contributed by atoms with Gasteiger partial charge in [0, 0.05) is 49.8 Å². The van der Waals surface area contributed by atoms with E-state index in [1.807, 2.05) is 18.2 Å². The molecular weight excluding hydrogens is 376 g/mol. The predicted octanol–water partition coefficient (Wildman–Crippen LogP) is 3.78. The minimum atomic E-state index is -0.865. The van der Waals surface area contributed by atoms with E-state index < -0.39 is 11.6 Å². The van der Waals surface area contributed by atoms with Crippen LogP contribution in [0.5, 0.6) is 0 Å². The molecule has 0 bridgehead atoms. The van der Waals surface area contributed by atoms with Gasteiger partial charge in [0.25, 0.3) is 0 Å². The van der Waals surface area contributed by atoms with Crippen molar-refractivity contribution in [1.29, 1.82) is 0 Å². The van der Waals surface area contributed by atoms with Crippen LogP contribution in [0.15, 0.2) is 61.1 Å². The normalized spacial score (nSPS) is 14.0. The van der Waals surface area contributed by atoms with Crippen molar-refractivity contribution in [1.82, 2.24) is 14.9 Å². The molecule has 6 nitrogen and oxygen atoms in total. The lowest BCUT2D eigenvalue weighted by Gasteiger charge is -2.36. The number of carbonyl (C=O) groups is 1. The zero-order valence-electron chi connectivity index (χ0n) is 15.6. The highest BCUT2D eigenvalue weighted by Gasteiger charge is 2.22. The number of hydrogen-bond donors (Lipinski definition) is 1. The number of aromatic nitrogens is 2. The van der Waals surface area contributed by atoms with Crippen molar-refractivity contribution in [3.8, 4) is 11.1 Å². The first-order valence-electron chi connectivity index (χ1n) is 9.23. The van der Waals surface area contributed by atoms with Gasteiger partial charge in [0.15, 0.2) is 17.5 Å². The van der Waals surface area contributed by atoms with E-state index in [-0.39, 0.29) is 11.6 Å². The molecule has 2 amide bonds. The first kappa shape index (κ1) is 18.8. The van der Waals surface area contributed by atoms with Crippen LogP contribution in [0.3, 0.4) is 0 Å². The lowest BCUT2D eigenvalue weighted by molar-refractivity contribution is 0.208. The Morgan fingerprint density at radius 2 is 1.79 bits per heavy atom. The van der Waals surface area contributed by atoms with Crippen molar-refractivity contribution >= 4 is 17.5 Å². The quantitative estimate of drug-likeness (QED) is 0.733. The minimum Gasteiger partial charge on any atom is -0.368 e. The molecule has 0 atom stereocenters. The number of piperazine rings is 1. The fourth-order valence-corrected chi connectivity index (χ4v) is 3.32. The van der Waals surface area contributed by atoms with Crippen LogP contribution < -0.4 is 10.2 Å². The van der Waals surface area contributed by atoms with Crippen molar-refractivity contribution in [2.24, 2.45) is 0 Å². The van der Waals surface area contributed by atoms with Gasteiger partial charge < -0.3 is 9.80 Å². The van der Waals surface area contributed by atoms with Gasteiger partial charge in [0.2, 0.25) is 0 Å². The average molecular weight is 395 g/mol. The second-order valence-electron chi connectivity index (χ2n) is 6.65. The van der Waals surface area contributed by atoms with Gasteiger partial charge in [-0.2, -0.15) is 0 Å². The van der Waals surface area contributed by atoms with Crippen molar-refractivity contribution < 1.29 is 13.6 Å². The Morgan fingerprint density at radius 1 is 1.00 bits per heavy atom. The Bertz CT molecular complexity index is 1010. The zero-order chi connectivity index (χ0) is 20.2. The number of halogens is 2. The number of urea groups is 1. The summed E-state index contributed by atoms with van der Waals surface area (Å²) >= 11 is 0. The minimum absolute atomic E-state index is 0.222. The average Bonchev–Trinajstić information content (AvgIpc) is 2.76. The molecule has 0 aliphatic carbocycles. The highest BCUT2D eigenvalue weighted by molar-refractivity contribution is 5.88. The van der Waals surface area contributed by atoms with Crippen LogP contribution in [0, 0.1) is 11.6 Å². The maximum absolute atomic E-state index is 14.1. The second-order valence-corrected chi connectivity index (χ2v) is 6.65. The topological polar surface area (TPSA) is 61.4 Å². The molecule has 0 spiro atoms. The first-order valence-corrected chi connectivity index (χ1v) is 9.23. The lowest BCUT2D eigenvalue weighted by atomic mass is 10.0. The Labute approximate surface area is 166 Å². The van der Waals surface area contributed by atoms with E-state index >= 15 is 0 Å². The van der Waals surface area contributed by atoms with Crippen molar-refractivity contribution in [2.75, 3.05) is 36.4 Å². The molecule has 1 saturated heterocycles. The molecule has 4 rings (SSSR count). The van der Waals surface area contributed by atoms with Crippen LogP contribution in [0.4, 0.5) is 25.1 Å². The molecule has 1 aliphatic rings. The molecule has 8 heteroatoms. The van der Waals surface area contributed by atoms with Crippen LogP contribution in [0.1, 0.15) is 0 Å². The third-order valence-electron chi connectivity index (χ3n) is 4.84. The monoisotopic (exact) mass is 395 g/mol. The molecule has 0 unspecified atom stereocenters. The Morgan fingerprint density at radius 3 is 2.55 bits per heavy atom.